The normalized spacial score (nSPS) is 27.3. The molecule has 1 spiro atoms. The van der Waals surface area contributed by atoms with Crippen LogP contribution in [-0.4, -0.2) is 34.8 Å². The Bertz CT molecular complexity index is 251. The van der Waals surface area contributed by atoms with Gasteiger partial charge in [-0.1, -0.05) is 6.92 Å². The summed E-state index contributed by atoms with van der Waals surface area (Å²) in [7, 11) is 0. The molecule has 1 aliphatic heterocycles. The molecule has 1 N–H and O–H groups in total. The van der Waals surface area contributed by atoms with Crippen molar-refractivity contribution in [2.75, 3.05) is 19.0 Å². The molecule has 86 valence electrons. The van der Waals surface area contributed by atoms with Gasteiger partial charge in [0.1, 0.15) is 4.75 Å². The molecule has 0 aromatic heterocycles. The number of carboxylic acids is 1. The van der Waals surface area contributed by atoms with Crippen molar-refractivity contribution in [2.45, 2.75) is 37.4 Å². The molecule has 4 heteroatoms. The second-order valence-corrected chi connectivity index (χ2v) is 6.35. The van der Waals surface area contributed by atoms with E-state index in [1.54, 1.807) is 11.8 Å². The topological polar surface area (TPSA) is 46.5 Å². The van der Waals surface area contributed by atoms with Crippen molar-refractivity contribution in [2.24, 2.45) is 5.41 Å². The van der Waals surface area contributed by atoms with E-state index >= 15 is 0 Å². The summed E-state index contributed by atoms with van der Waals surface area (Å²) in [6.45, 7) is 3.66. The largest absolute Gasteiger partial charge is 0.480 e. The summed E-state index contributed by atoms with van der Waals surface area (Å²) in [5, 5.41) is 9.28. The predicted octanol–water partition coefficient (Wildman–Crippen LogP) is 2.15. The van der Waals surface area contributed by atoms with Gasteiger partial charge in [-0.05, 0) is 36.9 Å². The summed E-state index contributed by atoms with van der Waals surface area (Å²) in [6.07, 6.45) is 3.78. The molecule has 1 heterocycles. The molecule has 0 radical (unpaired) electrons. The number of hydrogen-bond acceptors (Lipinski definition) is 3. The minimum absolute atomic E-state index is 0.290. The second kappa shape index (κ2) is 3.98. The number of carbonyl (C=O) groups is 1. The molecule has 1 saturated carbocycles. The SMILES string of the molecule is CCSC1(C(=O)O)CC2(CCOCC2)C1. The number of ether oxygens (including phenoxy) is 1. The molecule has 0 aromatic carbocycles. The molecule has 0 aromatic rings. The molecule has 0 bridgehead atoms. The van der Waals surface area contributed by atoms with Crippen LogP contribution in [0.25, 0.3) is 0 Å². The standard InChI is InChI=1S/C11H18O3S/c1-2-15-11(9(12)13)7-10(8-11)3-5-14-6-4-10/h2-8H2,1H3,(H,12,13). The van der Waals surface area contributed by atoms with Gasteiger partial charge < -0.3 is 9.84 Å². The van der Waals surface area contributed by atoms with E-state index in [-0.39, 0.29) is 0 Å². The Morgan fingerprint density at radius 1 is 1.40 bits per heavy atom. The molecule has 0 atom stereocenters. The lowest BCUT2D eigenvalue weighted by Gasteiger charge is -2.55. The Labute approximate surface area is 94.6 Å². The number of aliphatic carboxylic acids is 1. The van der Waals surface area contributed by atoms with Gasteiger partial charge in [-0.3, -0.25) is 4.79 Å². The van der Waals surface area contributed by atoms with Gasteiger partial charge in [-0.25, -0.2) is 0 Å². The lowest BCUT2D eigenvalue weighted by molar-refractivity contribution is -0.150. The predicted molar refractivity (Wildman–Crippen MR) is 60.2 cm³/mol. The quantitative estimate of drug-likeness (QED) is 0.807. The molecule has 2 fully saturated rings. The highest BCUT2D eigenvalue weighted by Gasteiger charge is 2.59. The van der Waals surface area contributed by atoms with Gasteiger partial charge in [-0.2, -0.15) is 0 Å². The average Bonchev–Trinajstić information content (AvgIpc) is 2.16. The third-order valence-electron chi connectivity index (χ3n) is 3.68. The van der Waals surface area contributed by atoms with Crippen LogP contribution < -0.4 is 0 Å². The fourth-order valence-corrected chi connectivity index (χ4v) is 4.40. The van der Waals surface area contributed by atoms with Crippen LogP contribution in [0, 0.1) is 5.41 Å². The summed E-state index contributed by atoms with van der Waals surface area (Å²) >= 11 is 1.60. The summed E-state index contributed by atoms with van der Waals surface area (Å²) in [4.78, 5) is 11.3. The summed E-state index contributed by atoms with van der Waals surface area (Å²) in [6, 6.07) is 0. The first-order valence-electron chi connectivity index (χ1n) is 5.58. The van der Waals surface area contributed by atoms with E-state index in [1.165, 1.54) is 0 Å². The van der Waals surface area contributed by atoms with Crippen LogP contribution >= 0.6 is 11.8 Å². The van der Waals surface area contributed by atoms with Gasteiger partial charge in [0, 0.05) is 13.2 Å². The number of thioether (sulfide) groups is 1. The van der Waals surface area contributed by atoms with E-state index in [0.717, 1.165) is 44.6 Å². The summed E-state index contributed by atoms with van der Waals surface area (Å²) < 4.78 is 4.85. The van der Waals surface area contributed by atoms with Crippen LogP contribution in [0.5, 0.6) is 0 Å². The maximum absolute atomic E-state index is 11.3. The summed E-state index contributed by atoms with van der Waals surface area (Å²) in [5.41, 5.74) is 0.290. The number of carboxylic acid groups (broad SMARTS) is 1. The van der Waals surface area contributed by atoms with Crippen LogP contribution in [0.3, 0.4) is 0 Å². The van der Waals surface area contributed by atoms with E-state index in [0.29, 0.717) is 5.41 Å². The molecule has 15 heavy (non-hydrogen) atoms. The van der Waals surface area contributed by atoms with Crippen molar-refractivity contribution >= 4 is 17.7 Å². The molecular weight excluding hydrogens is 212 g/mol. The monoisotopic (exact) mass is 230 g/mol. The highest BCUT2D eigenvalue weighted by molar-refractivity contribution is 8.01. The van der Waals surface area contributed by atoms with Crippen molar-refractivity contribution in [1.82, 2.24) is 0 Å². The Morgan fingerprint density at radius 3 is 2.47 bits per heavy atom. The lowest BCUT2D eigenvalue weighted by Crippen LogP contribution is -2.56. The smallest absolute Gasteiger partial charge is 0.319 e. The molecule has 2 aliphatic rings. The van der Waals surface area contributed by atoms with Gasteiger partial charge in [0.25, 0.3) is 0 Å². The van der Waals surface area contributed by atoms with E-state index < -0.39 is 10.7 Å². The first-order chi connectivity index (χ1) is 7.13. The summed E-state index contributed by atoms with van der Waals surface area (Å²) in [5.74, 6) is 0.269. The van der Waals surface area contributed by atoms with Crippen LogP contribution in [0.1, 0.15) is 32.6 Å². The molecule has 0 amide bonds. The van der Waals surface area contributed by atoms with Crippen LogP contribution in [0.15, 0.2) is 0 Å². The van der Waals surface area contributed by atoms with Crippen molar-refractivity contribution in [3.63, 3.8) is 0 Å². The maximum atomic E-state index is 11.3. The van der Waals surface area contributed by atoms with Crippen LogP contribution in [0.2, 0.25) is 0 Å². The van der Waals surface area contributed by atoms with Gasteiger partial charge in [-0.15, -0.1) is 11.8 Å². The van der Waals surface area contributed by atoms with Gasteiger partial charge in [0.05, 0.1) is 0 Å². The molecule has 1 saturated heterocycles. The number of hydrogen-bond donors (Lipinski definition) is 1. The molecular formula is C11H18O3S. The van der Waals surface area contributed by atoms with Crippen molar-refractivity contribution in [3.05, 3.63) is 0 Å². The first-order valence-corrected chi connectivity index (χ1v) is 6.56. The molecule has 1 aliphatic carbocycles. The third-order valence-corrected chi connectivity index (χ3v) is 4.99. The fourth-order valence-electron chi connectivity index (χ4n) is 2.91. The zero-order valence-corrected chi connectivity index (χ0v) is 9.94. The fraction of sp³-hybridized carbons (Fsp3) is 0.909. The number of rotatable bonds is 3. The van der Waals surface area contributed by atoms with Gasteiger partial charge in [0.2, 0.25) is 0 Å². The highest BCUT2D eigenvalue weighted by atomic mass is 32.2. The highest BCUT2D eigenvalue weighted by Crippen LogP contribution is 2.60. The molecule has 3 nitrogen and oxygen atoms in total. The van der Waals surface area contributed by atoms with E-state index in [9.17, 15) is 9.90 Å². The Hall–Kier alpha value is -0.220. The minimum atomic E-state index is -0.619. The van der Waals surface area contributed by atoms with E-state index in [4.69, 9.17) is 4.74 Å². The molecule has 2 rings (SSSR count). The van der Waals surface area contributed by atoms with E-state index in [1.807, 2.05) is 6.92 Å². The third kappa shape index (κ3) is 1.89. The Kier molecular flexibility index (Phi) is 2.99. The first kappa shape index (κ1) is 11.3. The zero-order chi connectivity index (χ0) is 10.9. The molecule has 0 unspecified atom stereocenters. The Morgan fingerprint density at radius 2 is 2.00 bits per heavy atom. The van der Waals surface area contributed by atoms with Gasteiger partial charge in [0.15, 0.2) is 0 Å². The lowest BCUT2D eigenvalue weighted by atomic mass is 9.57. The van der Waals surface area contributed by atoms with Crippen molar-refractivity contribution < 1.29 is 14.6 Å². The van der Waals surface area contributed by atoms with Crippen molar-refractivity contribution in [3.8, 4) is 0 Å². The van der Waals surface area contributed by atoms with Crippen LogP contribution in [0.4, 0.5) is 0 Å². The average molecular weight is 230 g/mol. The van der Waals surface area contributed by atoms with Crippen molar-refractivity contribution in [1.29, 1.82) is 0 Å². The van der Waals surface area contributed by atoms with E-state index in [2.05, 4.69) is 0 Å². The van der Waals surface area contributed by atoms with Gasteiger partial charge >= 0.3 is 5.97 Å². The maximum Gasteiger partial charge on any atom is 0.319 e. The second-order valence-electron chi connectivity index (χ2n) is 4.70. The zero-order valence-electron chi connectivity index (χ0n) is 9.12. The van der Waals surface area contributed by atoms with Crippen LogP contribution in [-0.2, 0) is 9.53 Å². The Balaban J connectivity index is 2.00. The minimum Gasteiger partial charge on any atom is -0.480 e.